The Balaban J connectivity index is 1.96. The summed E-state index contributed by atoms with van der Waals surface area (Å²) >= 11 is 5.87. The minimum absolute atomic E-state index is 0.0199. The Morgan fingerprint density at radius 3 is 2.29 bits per heavy atom. The quantitative estimate of drug-likeness (QED) is 0.616. The third-order valence-corrected chi connectivity index (χ3v) is 5.76. The molecule has 1 unspecified atom stereocenters. The first-order valence-corrected chi connectivity index (χ1v) is 8.64. The standard InChI is InChI=1S/C13H18ClN3O3S/c14-12(13(15)18)16-6-8-17(9-7-16)21(19,20)10-11-4-2-1-3-5-11/h1-5,12H,6-10H2,(H2,15,18). The maximum atomic E-state index is 12.3. The predicted molar refractivity (Wildman–Crippen MR) is 81.0 cm³/mol. The lowest BCUT2D eigenvalue weighted by Crippen LogP contribution is -2.53. The minimum atomic E-state index is -3.36. The molecule has 0 saturated carbocycles. The molecule has 1 atom stereocenters. The number of benzene rings is 1. The number of alkyl halides is 1. The Hall–Kier alpha value is -1.15. The number of carbonyl (C=O) groups excluding carboxylic acids is 1. The fraction of sp³-hybridized carbons (Fsp3) is 0.462. The van der Waals surface area contributed by atoms with Crippen LogP contribution in [0.25, 0.3) is 0 Å². The van der Waals surface area contributed by atoms with E-state index in [0.29, 0.717) is 26.2 Å². The number of rotatable bonds is 5. The lowest BCUT2D eigenvalue weighted by Gasteiger charge is -2.35. The zero-order valence-corrected chi connectivity index (χ0v) is 13.1. The van der Waals surface area contributed by atoms with E-state index < -0.39 is 21.4 Å². The molecular weight excluding hydrogens is 314 g/mol. The number of carbonyl (C=O) groups is 1. The zero-order valence-electron chi connectivity index (χ0n) is 11.5. The Morgan fingerprint density at radius 1 is 1.19 bits per heavy atom. The number of halogens is 1. The SMILES string of the molecule is NC(=O)C(Cl)N1CCN(S(=O)(=O)Cc2ccccc2)CC1. The molecule has 6 nitrogen and oxygen atoms in total. The summed E-state index contributed by atoms with van der Waals surface area (Å²) in [6, 6.07) is 9.05. The van der Waals surface area contributed by atoms with Crippen LogP contribution in [0.3, 0.4) is 0 Å². The average Bonchev–Trinajstić information content (AvgIpc) is 2.47. The molecule has 0 aliphatic carbocycles. The van der Waals surface area contributed by atoms with E-state index in [1.165, 1.54) is 4.31 Å². The predicted octanol–water partition coefficient (Wildman–Crippen LogP) is 0.184. The topological polar surface area (TPSA) is 83.7 Å². The largest absolute Gasteiger partial charge is 0.367 e. The van der Waals surface area contributed by atoms with Crippen molar-refractivity contribution >= 4 is 27.5 Å². The van der Waals surface area contributed by atoms with Crippen LogP contribution in [-0.2, 0) is 20.6 Å². The van der Waals surface area contributed by atoms with Crippen LogP contribution in [0.15, 0.2) is 30.3 Å². The van der Waals surface area contributed by atoms with Crippen LogP contribution in [0.1, 0.15) is 5.56 Å². The van der Waals surface area contributed by atoms with E-state index in [2.05, 4.69) is 0 Å². The van der Waals surface area contributed by atoms with Gasteiger partial charge in [0.25, 0.3) is 0 Å². The van der Waals surface area contributed by atoms with Gasteiger partial charge in [-0.25, -0.2) is 8.42 Å². The molecule has 21 heavy (non-hydrogen) atoms. The van der Waals surface area contributed by atoms with E-state index in [-0.39, 0.29) is 5.75 Å². The van der Waals surface area contributed by atoms with Crippen LogP contribution in [-0.4, -0.2) is 55.2 Å². The van der Waals surface area contributed by atoms with Gasteiger partial charge in [0.05, 0.1) is 5.75 Å². The smallest absolute Gasteiger partial charge is 0.250 e. The molecule has 0 spiro atoms. The summed E-state index contributed by atoms with van der Waals surface area (Å²) in [6.45, 7) is 1.41. The number of hydrogen-bond acceptors (Lipinski definition) is 4. The van der Waals surface area contributed by atoms with Gasteiger partial charge in [0, 0.05) is 26.2 Å². The molecule has 2 N–H and O–H groups in total. The van der Waals surface area contributed by atoms with E-state index in [9.17, 15) is 13.2 Å². The Bertz CT molecular complexity index is 586. The molecule has 1 aliphatic heterocycles. The summed E-state index contributed by atoms with van der Waals surface area (Å²) in [5.41, 5.74) is 5.02. The molecule has 2 rings (SSSR count). The Morgan fingerprint density at radius 2 is 1.76 bits per heavy atom. The van der Waals surface area contributed by atoms with E-state index in [1.807, 2.05) is 18.2 Å². The van der Waals surface area contributed by atoms with Gasteiger partial charge in [0.2, 0.25) is 15.9 Å². The molecule has 1 heterocycles. The van der Waals surface area contributed by atoms with Crippen molar-refractivity contribution < 1.29 is 13.2 Å². The van der Waals surface area contributed by atoms with E-state index in [1.54, 1.807) is 17.0 Å². The van der Waals surface area contributed by atoms with Gasteiger partial charge in [-0.1, -0.05) is 41.9 Å². The highest BCUT2D eigenvalue weighted by Crippen LogP contribution is 2.15. The van der Waals surface area contributed by atoms with Crippen LogP contribution in [0, 0.1) is 0 Å². The second-order valence-electron chi connectivity index (χ2n) is 4.92. The maximum absolute atomic E-state index is 12.3. The van der Waals surface area contributed by atoms with Gasteiger partial charge in [0.15, 0.2) is 5.50 Å². The van der Waals surface area contributed by atoms with Crippen molar-refractivity contribution in [3.63, 3.8) is 0 Å². The van der Waals surface area contributed by atoms with Crippen LogP contribution in [0.5, 0.6) is 0 Å². The fourth-order valence-corrected chi connectivity index (χ4v) is 3.98. The van der Waals surface area contributed by atoms with Crippen molar-refractivity contribution in [1.29, 1.82) is 0 Å². The molecule has 1 aromatic carbocycles. The molecule has 1 aromatic rings. The number of hydrogen-bond donors (Lipinski definition) is 1. The minimum Gasteiger partial charge on any atom is -0.367 e. The highest BCUT2D eigenvalue weighted by molar-refractivity contribution is 7.88. The second-order valence-corrected chi connectivity index (χ2v) is 7.30. The number of amides is 1. The lowest BCUT2D eigenvalue weighted by molar-refractivity contribution is -0.120. The van der Waals surface area contributed by atoms with E-state index in [4.69, 9.17) is 17.3 Å². The van der Waals surface area contributed by atoms with Gasteiger partial charge in [-0.2, -0.15) is 4.31 Å². The van der Waals surface area contributed by atoms with Crippen molar-refractivity contribution in [3.05, 3.63) is 35.9 Å². The van der Waals surface area contributed by atoms with Gasteiger partial charge in [-0.3, -0.25) is 9.69 Å². The van der Waals surface area contributed by atoms with Gasteiger partial charge in [0.1, 0.15) is 0 Å². The number of primary amides is 1. The van der Waals surface area contributed by atoms with E-state index >= 15 is 0 Å². The molecular formula is C13H18ClN3O3S. The first kappa shape index (κ1) is 16.2. The molecule has 1 amide bonds. The first-order valence-electron chi connectivity index (χ1n) is 6.59. The molecule has 8 heteroatoms. The van der Waals surface area contributed by atoms with E-state index in [0.717, 1.165) is 5.56 Å². The summed E-state index contributed by atoms with van der Waals surface area (Å²) in [5, 5.41) is 0. The van der Waals surface area contributed by atoms with Crippen LogP contribution in [0.4, 0.5) is 0 Å². The zero-order chi connectivity index (χ0) is 15.5. The van der Waals surface area contributed by atoms with Gasteiger partial charge >= 0.3 is 0 Å². The lowest BCUT2D eigenvalue weighted by atomic mass is 10.2. The normalized spacial score (nSPS) is 19.3. The summed E-state index contributed by atoms with van der Waals surface area (Å²) in [7, 11) is -3.36. The summed E-state index contributed by atoms with van der Waals surface area (Å²) in [5.74, 6) is -0.634. The number of piperazine rings is 1. The van der Waals surface area contributed by atoms with Crippen LogP contribution >= 0.6 is 11.6 Å². The second kappa shape index (κ2) is 6.74. The summed E-state index contributed by atoms with van der Waals surface area (Å²) in [4.78, 5) is 12.7. The highest BCUT2D eigenvalue weighted by atomic mass is 35.5. The highest BCUT2D eigenvalue weighted by Gasteiger charge is 2.30. The molecule has 0 radical (unpaired) electrons. The van der Waals surface area contributed by atoms with Crippen molar-refractivity contribution in [2.24, 2.45) is 5.73 Å². The Labute approximate surface area is 129 Å². The third-order valence-electron chi connectivity index (χ3n) is 3.41. The van der Waals surface area contributed by atoms with Crippen molar-refractivity contribution in [1.82, 2.24) is 9.21 Å². The van der Waals surface area contributed by atoms with Gasteiger partial charge in [-0.15, -0.1) is 0 Å². The van der Waals surface area contributed by atoms with Crippen molar-refractivity contribution in [3.8, 4) is 0 Å². The van der Waals surface area contributed by atoms with Gasteiger partial charge in [-0.05, 0) is 5.56 Å². The average molecular weight is 332 g/mol. The summed E-state index contributed by atoms with van der Waals surface area (Å²) < 4.78 is 26.1. The molecule has 1 fully saturated rings. The van der Waals surface area contributed by atoms with Crippen molar-refractivity contribution in [2.45, 2.75) is 11.3 Å². The van der Waals surface area contributed by atoms with Crippen LogP contribution in [0.2, 0.25) is 0 Å². The van der Waals surface area contributed by atoms with Crippen molar-refractivity contribution in [2.75, 3.05) is 26.2 Å². The maximum Gasteiger partial charge on any atom is 0.250 e. The number of nitrogens with two attached hydrogens (primary N) is 1. The fourth-order valence-electron chi connectivity index (χ4n) is 2.26. The molecule has 0 aromatic heterocycles. The molecule has 0 bridgehead atoms. The Kier molecular flexibility index (Phi) is 5.21. The molecule has 116 valence electrons. The van der Waals surface area contributed by atoms with Crippen LogP contribution < -0.4 is 5.73 Å². The molecule has 1 aliphatic rings. The summed E-state index contributed by atoms with van der Waals surface area (Å²) in [6.07, 6.45) is 0. The van der Waals surface area contributed by atoms with Gasteiger partial charge < -0.3 is 5.73 Å². The number of sulfonamides is 1. The molecule has 1 saturated heterocycles. The third kappa shape index (κ3) is 4.16. The first-order chi connectivity index (χ1) is 9.90. The monoisotopic (exact) mass is 331 g/mol. The number of nitrogens with zero attached hydrogens (tertiary/aromatic N) is 2.